The molecule has 0 saturated heterocycles. The van der Waals surface area contributed by atoms with Gasteiger partial charge >= 0.3 is 90.1 Å². The zero-order chi connectivity index (χ0) is 9.80. The van der Waals surface area contributed by atoms with Crippen LogP contribution in [0.3, 0.4) is 0 Å². The molecule has 1 aliphatic rings. The standard InChI is InChI=1S/C12H12OSe/c13-11-7-4-8-14-12(9-11)10-5-2-1-3-6-10/h1-3,5-6,9H,4,7-8H2. The summed E-state index contributed by atoms with van der Waals surface area (Å²) in [5, 5.41) is 1.19. The van der Waals surface area contributed by atoms with Crippen LogP contribution in [0.2, 0.25) is 5.32 Å². The molecule has 1 aromatic rings. The summed E-state index contributed by atoms with van der Waals surface area (Å²) in [6.45, 7) is 0. The monoisotopic (exact) mass is 252 g/mol. The molecule has 0 unspecified atom stereocenters. The van der Waals surface area contributed by atoms with Gasteiger partial charge in [-0.2, -0.15) is 0 Å². The molecule has 1 aromatic carbocycles. The summed E-state index contributed by atoms with van der Waals surface area (Å²) >= 11 is 0.480. The minimum atomic E-state index is 0.295. The summed E-state index contributed by atoms with van der Waals surface area (Å²) < 4.78 is 1.26. The third-order valence-corrected chi connectivity index (χ3v) is 4.60. The summed E-state index contributed by atoms with van der Waals surface area (Å²) in [4.78, 5) is 11.4. The van der Waals surface area contributed by atoms with Crippen molar-refractivity contribution in [3.8, 4) is 0 Å². The molecule has 0 fully saturated rings. The second kappa shape index (κ2) is 4.58. The molecule has 0 aromatic heterocycles. The Hall–Kier alpha value is -0.851. The second-order valence-corrected chi connectivity index (χ2v) is 5.68. The summed E-state index contributed by atoms with van der Waals surface area (Å²) in [5.74, 6) is 0.295. The van der Waals surface area contributed by atoms with Crippen LogP contribution in [-0.4, -0.2) is 20.7 Å². The fourth-order valence-corrected chi connectivity index (χ4v) is 3.61. The predicted octanol–water partition coefficient (Wildman–Crippen LogP) is 2.51. The Labute approximate surface area is 90.4 Å². The van der Waals surface area contributed by atoms with Gasteiger partial charge in [-0.15, -0.1) is 0 Å². The predicted molar refractivity (Wildman–Crippen MR) is 59.2 cm³/mol. The molecule has 0 bridgehead atoms. The first-order chi connectivity index (χ1) is 6.86. The van der Waals surface area contributed by atoms with Crippen LogP contribution >= 0.6 is 0 Å². The Balaban J connectivity index is 2.28. The molecule has 0 amide bonds. The number of hydrogen-bond acceptors (Lipinski definition) is 1. The molecule has 14 heavy (non-hydrogen) atoms. The van der Waals surface area contributed by atoms with Crippen LogP contribution in [0, 0.1) is 0 Å². The van der Waals surface area contributed by atoms with Crippen LogP contribution in [0.15, 0.2) is 36.4 Å². The molecule has 0 atom stereocenters. The fourth-order valence-electron chi connectivity index (χ4n) is 1.46. The first-order valence-electron chi connectivity index (χ1n) is 4.79. The SMILES string of the molecule is O=C1C=C(c2ccccc2)[Se]CCC1. The third kappa shape index (κ3) is 2.34. The van der Waals surface area contributed by atoms with E-state index >= 15 is 0 Å². The van der Waals surface area contributed by atoms with Gasteiger partial charge in [-0.3, -0.25) is 0 Å². The molecule has 0 radical (unpaired) electrons. The van der Waals surface area contributed by atoms with Crippen molar-refractivity contribution < 1.29 is 4.79 Å². The average Bonchev–Trinajstić information content (AvgIpc) is 2.44. The fraction of sp³-hybridized carbons (Fsp3) is 0.250. The van der Waals surface area contributed by atoms with Crippen LogP contribution in [-0.2, 0) is 4.79 Å². The number of carbonyl (C=O) groups is 1. The summed E-state index contributed by atoms with van der Waals surface area (Å²) in [7, 11) is 0. The van der Waals surface area contributed by atoms with Crippen LogP contribution in [0.4, 0.5) is 0 Å². The Morgan fingerprint density at radius 3 is 2.71 bits per heavy atom. The quantitative estimate of drug-likeness (QED) is 0.701. The van der Waals surface area contributed by atoms with Gasteiger partial charge < -0.3 is 0 Å². The van der Waals surface area contributed by atoms with E-state index in [-0.39, 0.29) is 0 Å². The third-order valence-electron chi connectivity index (χ3n) is 2.18. The molecule has 0 N–H and O–H groups in total. The number of benzene rings is 1. The second-order valence-electron chi connectivity index (χ2n) is 3.29. The molecule has 72 valence electrons. The van der Waals surface area contributed by atoms with Crippen LogP contribution in [0.25, 0.3) is 4.47 Å². The molecular weight excluding hydrogens is 239 g/mol. The zero-order valence-electron chi connectivity index (χ0n) is 7.90. The van der Waals surface area contributed by atoms with E-state index in [1.165, 1.54) is 15.4 Å². The van der Waals surface area contributed by atoms with Crippen LogP contribution < -0.4 is 0 Å². The van der Waals surface area contributed by atoms with Crippen molar-refractivity contribution in [3.05, 3.63) is 42.0 Å². The van der Waals surface area contributed by atoms with Gasteiger partial charge in [-0.05, 0) is 0 Å². The molecule has 2 heteroatoms. The van der Waals surface area contributed by atoms with E-state index in [2.05, 4.69) is 12.1 Å². The van der Waals surface area contributed by atoms with Crippen molar-refractivity contribution in [2.75, 3.05) is 0 Å². The zero-order valence-corrected chi connectivity index (χ0v) is 9.61. The molecule has 0 saturated carbocycles. The van der Waals surface area contributed by atoms with Crippen LogP contribution in [0.5, 0.6) is 0 Å². The van der Waals surface area contributed by atoms with Gasteiger partial charge in [0.05, 0.1) is 0 Å². The molecule has 1 nitrogen and oxygen atoms in total. The maximum absolute atomic E-state index is 11.4. The normalized spacial score (nSPS) is 17.4. The van der Waals surface area contributed by atoms with Gasteiger partial charge in [0, 0.05) is 0 Å². The Morgan fingerprint density at radius 1 is 1.14 bits per heavy atom. The number of rotatable bonds is 1. The van der Waals surface area contributed by atoms with Crippen molar-refractivity contribution in [3.63, 3.8) is 0 Å². The number of allylic oxidation sites excluding steroid dienone is 1. The van der Waals surface area contributed by atoms with Gasteiger partial charge in [0.25, 0.3) is 0 Å². The molecule has 1 aliphatic heterocycles. The van der Waals surface area contributed by atoms with E-state index in [0.717, 1.165) is 12.8 Å². The summed E-state index contributed by atoms with van der Waals surface area (Å²) in [6, 6.07) is 10.2. The van der Waals surface area contributed by atoms with Crippen molar-refractivity contribution in [2.45, 2.75) is 18.2 Å². The van der Waals surface area contributed by atoms with Crippen molar-refractivity contribution in [2.24, 2.45) is 0 Å². The van der Waals surface area contributed by atoms with Gasteiger partial charge in [0.15, 0.2) is 0 Å². The number of carbonyl (C=O) groups excluding carboxylic acids is 1. The van der Waals surface area contributed by atoms with Gasteiger partial charge in [0.2, 0.25) is 0 Å². The van der Waals surface area contributed by atoms with Crippen LogP contribution in [0.1, 0.15) is 18.4 Å². The van der Waals surface area contributed by atoms with E-state index < -0.39 is 0 Å². The van der Waals surface area contributed by atoms with Gasteiger partial charge in [0.1, 0.15) is 0 Å². The molecular formula is C12H12OSe. The van der Waals surface area contributed by atoms with Gasteiger partial charge in [-0.1, -0.05) is 0 Å². The first-order valence-corrected chi connectivity index (χ1v) is 6.86. The Bertz CT molecular complexity index is 354. The topological polar surface area (TPSA) is 17.1 Å². The Kier molecular flexibility index (Phi) is 3.18. The Morgan fingerprint density at radius 2 is 1.93 bits per heavy atom. The van der Waals surface area contributed by atoms with Crippen molar-refractivity contribution in [1.82, 2.24) is 0 Å². The summed E-state index contributed by atoms with van der Waals surface area (Å²) in [5.41, 5.74) is 1.22. The van der Waals surface area contributed by atoms with E-state index in [4.69, 9.17) is 0 Å². The average molecular weight is 251 g/mol. The van der Waals surface area contributed by atoms with E-state index in [0.29, 0.717) is 20.7 Å². The van der Waals surface area contributed by atoms with Crippen molar-refractivity contribution >= 4 is 25.2 Å². The number of hydrogen-bond donors (Lipinski definition) is 0. The maximum atomic E-state index is 11.4. The molecule has 0 aliphatic carbocycles. The van der Waals surface area contributed by atoms with E-state index in [1.54, 1.807) is 0 Å². The van der Waals surface area contributed by atoms with Crippen molar-refractivity contribution in [1.29, 1.82) is 0 Å². The van der Waals surface area contributed by atoms with E-state index in [1.807, 2.05) is 24.3 Å². The summed E-state index contributed by atoms with van der Waals surface area (Å²) in [6.07, 6.45) is 3.64. The van der Waals surface area contributed by atoms with Gasteiger partial charge in [-0.25, -0.2) is 0 Å². The minimum absolute atomic E-state index is 0.295. The molecule has 0 spiro atoms. The molecule has 1 heterocycles. The van der Waals surface area contributed by atoms with E-state index in [9.17, 15) is 4.79 Å². The number of ketones is 1. The first kappa shape index (κ1) is 9.69. The molecule has 2 rings (SSSR count).